The van der Waals surface area contributed by atoms with Gasteiger partial charge in [-0.05, 0) is 42.0 Å². The van der Waals surface area contributed by atoms with Crippen molar-refractivity contribution in [3.63, 3.8) is 0 Å². The Morgan fingerprint density at radius 2 is 1.50 bits per heavy atom. The number of rotatable bonds is 10. The summed E-state index contributed by atoms with van der Waals surface area (Å²) < 4.78 is 40.8. The van der Waals surface area contributed by atoms with Gasteiger partial charge in [-0.15, -0.1) is 22.7 Å². The van der Waals surface area contributed by atoms with Crippen LogP contribution in [0.1, 0.15) is 18.6 Å². The van der Waals surface area contributed by atoms with Gasteiger partial charge in [0.2, 0.25) is 10.0 Å². The van der Waals surface area contributed by atoms with Gasteiger partial charge in [-0.2, -0.15) is 0 Å². The van der Waals surface area contributed by atoms with Gasteiger partial charge in [-0.3, -0.25) is 4.72 Å². The summed E-state index contributed by atoms with van der Waals surface area (Å²) >= 11 is 9.29. The summed E-state index contributed by atoms with van der Waals surface area (Å²) in [6, 6.07) is 20.6. The van der Waals surface area contributed by atoms with Gasteiger partial charge in [0.1, 0.15) is 11.5 Å². The summed E-state index contributed by atoms with van der Waals surface area (Å²) in [7, 11) is -3.54. The predicted octanol–water partition coefficient (Wildman–Crippen LogP) is 6.60. The van der Waals surface area contributed by atoms with E-state index >= 15 is 0 Å². The fourth-order valence-electron chi connectivity index (χ4n) is 4.01. The van der Waals surface area contributed by atoms with E-state index in [1.807, 2.05) is 59.3 Å². The molecule has 0 saturated heterocycles. The molecule has 0 fully saturated rings. The topological polar surface area (TPSA) is 96.9 Å². The normalized spacial score (nSPS) is 13.1. The van der Waals surface area contributed by atoms with Crippen LogP contribution in [0.15, 0.2) is 77.5 Å². The van der Waals surface area contributed by atoms with E-state index in [0.717, 1.165) is 26.4 Å². The van der Waals surface area contributed by atoms with Crippen LogP contribution in [0.3, 0.4) is 0 Å². The molecule has 3 N–H and O–H groups in total. The summed E-state index contributed by atoms with van der Waals surface area (Å²) in [5, 5.41) is 20.2. The number of benzene rings is 3. The van der Waals surface area contributed by atoms with E-state index in [9.17, 15) is 13.5 Å². The second kappa shape index (κ2) is 10.7. The van der Waals surface area contributed by atoms with Gasteiger partial charge in [0.25, 0.3) is 0 Å². The third kappa shape index (κ3) is 6.06. The smallest absolute Gasteiger partial charge is 0.310 e. The van der Waals surface area contributed by atoms with E-state index in [-0.39, 0.29) is 17.3 Å². The third-order valence-electron chi connectivity index (χ3n) is 5.79. The Balaban J connectivity index is 1.42. The molecule has 2 aromatic heterocycles. The minimum absolute atomic E-state index is 0.0422. The van der Waals surface area contributed by atoms with Crippen molar-refractivity contribution in [2.24, 2.45) is 0 Å². The van der Waals surface area contributed by atoms with Crippen LogP contribution in [-0.4, -0.2) is 32.2 Å². The maximum absolute atomic E-state index is 11.7. The van der Waals surface area contributed by atoms with Gasteiger partial charge < -0.3 is 14.6 Å². The van der Waals surface area contributed by atoms with Crippen LogP contribution in [0.2, 0.25) is 5.02 Å². The van der Waals surface area contributed by atoms with Crippen molar-refractivity contribution in [3.05, 3.63) is 88.1 Å². The fraction of sp³-hybridized carbons (Fsp3) is 0.185. The fourth-order valence-corrected chi connectivity index (χ4v) is 6.52. The number of sulfonamides is 1. The Kier molecular flexibility index (Phi) is 7.54. The first-order chi connectivity index (χ1) is 18.1. The van der Waals surface area contributed by atoms with Crippen molar-refractivity contribution in [1.82, 2.24) is 5.32 Å². The molecule has 5 aromatic rings. The quantitative estimate of drug-likeness (QED) is 0.159. The highest BCUT2D eigenvalue weighted by atomic mass is 35.5. The number of aliphatic hydroxyl groups is 1. The summed E-state index contributed by atoms with van der Waals surface area (Å²) in [5.41, 5.74) is 0.660. The molecule has 5 rings (SSSR count). The van der Waals surface area contributed by atoms with Crippen molar-refractivity contribution >= 4 is 70.2 Å². The van der Waals surface area contributed by atoms with Gasteiger partial charge in [-0.1, -0.05) is 41.9 Å². The highest BCUT2D eigenvalue weighted by Crippen LogP contribution is 2.37. The maximum Gasteiger partial charge on any atom is 0.310 e. The average molecular weight is 589 g/mol. The minimum atomic E-state index is -3.54. The van der Waals surface area contributed by atoms with Gasteiger partial charge in [0.15, 0.2) is 0 Å². The minimum Gasteiger partial charge on any atom is -0.438 e. The Morgan fingerprint density at radius 1 is 0.947 bits per heavy atom. The Labute approximate surface area is 233 Å². The van der Waals surface area contributed by atoms with Crippen LogP contribution in [-0.2, 0) is 10.0 Å². The zero-order chi connectivity index (χ0) is 26.9. The SMILES string of the molecule is CC(NCC(O)c1ccc(Cl)c(NS(C)(=O)=O)c1)(Oc1csc2ccccc12)Oc1csc2ccccc12. The largest absolute Gasteiger partial charge is 0.438 e. The van der Waals surface area contributed by atoms with E-state index in [0.29, 0.717) is 17.1 Å². The zero-order valence-corrected chi connectivity index (χ0v) is 23.7. The summed E-state index contributed by atoms with van der Waals surface area (Å²) in [6.07, 6.45) is 0.0217. The summed E-state index contributed by atoms with van der Waals surface area (Å²) in [5.74, 6) is -0.0453. The van der Waals surface area contributed by atoms with E-state index in [4.69, 9.17) is 21.1 Å². The second-order valence-electron chi connectivity index (χ2n) is 8.85. The lowest BCUT2D eigenvalue weighted by Gasteiger charge is -2.32. The first-order valence-corrected chi connectivity index (χ1v) is 15.6. The molecule has 0 amide bonds. The molecular formula is C27H25ClN2O5S3. The number of hydrogen-bond donors (Lipinski definition) is 3. The van der Waals surface area contributed by atoms with Crippen LogP contribution in [0.5, 0.6) is 11.5 Å². The molecule has 38 heavy (non-hydrogen) atoms. The van der Waals surface area contributed by atoms with Crippen molar-refractivity contribution < 1.29 is 23.0 Å². The van der Waals surface area contributed by atoms with Crippen LogP contribution in [0.25, 0.3) is 20.2 Å². The third-order valence-corrected chi connectivity index (χ3v) is 8.59. The highest BCUT2D eigenvalue weighted by molar-refractivity contribution is 7.92. The number of thiophene rings is 2. The van der Waals surface area contributed by atoms with Gasteiger partial charge in [0.05, 0.1) is 23.1 Å². The molecule has 198 valence electrons. The molecule has 1 atom stereocenters. The Hall–Kier alpha value is -2.86. The molecule has 1 unspecified atom stereocenters. The molecule has 3 aromatic carbocycles. The zero-order valence-electron chi connectivity index (χ0n) is 20.5. The predicted molar refractivity (Wildman–Crippen MR) is 156 cm³/mol. The molecular weight excluding hydrogens is 564 g/mol. The summed E-state index contributed by atoms with van der Waals surface area (Å²) in [4.78, 5) is 0. The molecule has 0 bridgehead atoms. The van der Waals surface area contributed by atoms with E-state index in [1.54, 1.807) is 35.7 Å². The van der Waals surface area contributed by atoms with Crippen LogP contribution >= 0.6 is 34.3 Å². The first kappa shape index (κ1) is 26.7. The number of hydrogen-bond acceptors (Lipinski definition) is 8. The molecule has 11 heteroatoms. The number of fused-ring (bicyclic) bond motifs is 2. The highest BCUT2D eigenvalue weighted by Gasteiger charge is 2.32. The van der Waals surface area contributed by atoms with Crippen molar-refractivity contribution in [1.29, 1.82) is 0 Å². The number of nitrogens with one attached hydrogen (secondary N) is 2. The average Bonchev–Trinajstić information content (AvgIpc) is 3.47. The van der Waals surface area contributed by atoms with E-state index < -0.39 is 22.0 Å². The lowest BCUT2D eigenvalue weighted by atomic mass is 10.1. The van der Waals surface area contributed by atoms with Crippen LogP contribution in [0, 0.1) is 0 Å². The second-order valence-corrected chi connectivity index (χ2v) is 12.8. The molecule has 2 heterocycles. The van der Waals surface area contributed by atoms with Gasteiger partial charge in [0, 0.05) is 44.4 Å². The monoisotopic (exact) mass is 588 g/mol. The van der Waals surface area contributed by atoms with Crippen LogP contribution < -0.4 is 19.5 Å². The molecule has 0 spiro atoms. The van der Waals surface area contributed by atoms with Crippen molar-refractivity contribution in [2.45, 2.75) is 18.9 Å². The molecule has 0 aliphatic carbocycles. The Morgan fingerprint density at radius 3 is 2.05 bits per heavy atom. The molecule has 0 radical (unpaired) electrons. The van der Waals surface area contributed by atoms with E-state index in [1.165, 1.54) is 12.1 Å². The summed E-state index contributed by atoms with van der Waals surface area (Å²) in [6.45, 7) is 1.80. The maximum atomic E-state index is 11.7. The van der Waals surface area contributed by atoms with Gasteiger partial charge in [-0.25, -0.2) is 13.7 Å². The molecule has 7 nitrogen and oxygen atoms in total. The first-order valence-electron chi connectivity index (χ1n) is 11.6. The lowest BCUT2D eigenvalue weighted by Crippen LogP contribution is -2.53. The number of halogens is 1. The standard InChI is InChI=1S/C27H25ClN2O5S3/c1-27(34-23-15-36-25-9-5-3-7-18(23)25,35-24-16-37-26-10-6-4-8-19(24)26)29-14-22(31)17-11-12-20(28)21(13-17)30-38(2,32)33/h3-13,15-16,22,29-31H,14H2,1-2H3. The molecule has 0 aliphatic heterocycles. The number of anilines is 1. The van der Waals surface area contributed by atoms with Crippen LogP contribution in [0.4, 0.5) is 5.69 Å². The van der Waals surface area contributed by atoms with E-state index in [2.05, 4.69) is 10.0 Å². The van der Waals surface area contributed by atoms with Crippen molar-refractivity contribution in [3.8, 4) is 11.5 Å². The lowest BCUT2D eigenvalue weighted by molar-refractivity contribution is -0.127. The number of ether oxygens (including phenoxy) is 2. The Bertz CT molecular complexity index is 1620. The van der Waals surface area contributed by atoms with Gasteiger partial charge >= 0.3 is 5.91 Å². The van der Waals surface area contributed by atoms with Crippen molar-refractivity contribution in [2.75, 3.05) is 17.5 Å². The number of aliphatic hydroxyl groups excluding tert-OH is 1. The molecule has 0 aliphatic rings. The molecule has 0 saturated carbocycles.